The molecule has 88 valence electrons. The minimum absolute atomic E-state index is 0. The Labute approximate surface area is 101 Å². The van der Waals surface area contributed by atoms with E-state index in [9.17, 15) is 0 Å². The van der Waals surface area contributed by atoms with Gasteiger partial charge in [-0.25, -0.2) is 0 Å². The molecule has 1 aliphatic rings. The zero-order chi connectivity index (χ0) is 11.7. The predicted octanol–water partition coefficient (Wildman–Crippen LogP) is 4.92. The van der Waals surface area contributed by atoms with Crippen molar-refractivity contribution in [1.29, 1.82) is 0 Å². The Morgan fingerprint density at radius 2 is 2.00 bits per heavy atom. The standard InChI is InChI=1S/C13H14.C2H6.CH4/c1-4-8-12-9-6-7-10-13(12)11(3)5-2;1-2;/h5-7,9-10,12H,2H2,1,3H3;1-2H3;1H4/b13-11-;;. The molecule has 0 bridgehead atoms. The summed E-state index contributed by atoms with van der Waals surface area (Å²) in [6.07, 6.45) is 10.2. The van der Waals surface area contributed by atoms with Gasteiger partial charge in [0.25, 0.3) is 0 Å². The van der Waals surface area contributed by atoms with Crippen molar-refractivity contribution < 1.29 is 0 Å². The first-order valence-corrected chi connectivity index (χ1v) is 5.40. The smallest absolute Gasteiger partial charge is 0.0638 e. The van der Waals surface area contributed by atoms with Crippen LogP contribution in [0.2, 0.25) is 0 Å². The van der Waals surface area contributed by atoms with E-state index in [4.69, 9.17) is 0 Å². The van der Waals surface area contributed by atoms with Gasteiger partial charge in [0, 0.05) is 0 Å². The van der Waals surface area contributed by atoms with Gasteiger partial charge in [-0.05, 0) is 25.0 Å². The van der Waals surface area contributed by atoms with E-state index < -0.39 is 0 Å². The van der Waals surface area contributed by atoms with Crippen molar-refractivity contribution in [3.8, 4) is 11.8 Å². The van der Waals surface area contributed by atoms with Gasteiger partial charge in [-0.2, -0.15) is 0 Å². The normalized spacial score (nSPS) is 19.4. The molecule has 0 spiro atoms. The maximum atomic E-state index is 3.77. The van der Waals surface area contributed by atoms with Crippen LogP contribution in [0.5, 0.6) is 0 Å². The monoisotopic (exact) mass is 216 g/mol. The van der Waals surface area contributed by atoms with Crippen molar-refractivity contribution in [2.24, 2.45) is 5.92 Å². The number of hydrogen-bond acceptors (Lipinski definition) is 0. The van der Waals surface area contributed by atoms with E-state index in [1.165, 1.54) is 11.1 Å². The van der Waals surface area contributed by atoms with Crippen LogP contribution in [0.25, 0.3) is 0 Å². The molecule has 0 amide bonds. The van der Waals surface area contributed by atoms with Crippen molar-refractivity contribution in [2.45, 2.75) is 35.1 Å². The summed E-state index contributed by atoms with van der Waals surface area (Å²) in [6, 6.07) is 0. The highest BCUT2D eigenvalue weighted by molar-refractivity contribution is 5.44. The van der Waals surface area contributed by atoms with Gasteiger partial charge in [-0.1, -0.05) is 64.2 Å². The lowest BCUT2D eigenvalue weighted by Crippen LogP contribution is -2.00. The molecule has 0 saturated heterocycles. The summed E-state index contributed by atoms with van der Waals surface area (Å²) in [7, 11) is 0. The average Bonchev–Trinajstić information content (AvgIpc) is 2.32. The Morgan fingerprint density at radius 1 is 1.38 bits per heavy atom. The maximum absolute atomic E-state index is 3.77. The first kappa shape index (κ1) is 16.9. The zero-order valence-electron chi connectivity index (χ0n) is 10.2. The highest BCUT2D eigenvalue weighted by atomic mass is 14.1. The molecule has 0 N–H and O–H groups in total. The van der Waals surface area contributed by atoms with Crippen LogP contribution in [0.4, 0.5) is 0 Å². The summed E-state index contributed by atoms with van der Waals surface area (Å²) in [5.41, 5.74) is 2.46. The molecule has 1 rings (SSSR count). The molecule has 1 aliphatic carbocycles. The summed E-state index contributed by atoms with van der Waals surface area (Å²) in [5.74, 6) is 6.34. The van der Waals surface area contributed by atoms with E-state index in [2.05, 4.69) is 37.5 Å². The van der Waals surface area contributed by atoms with Crippen molar-refractivity contribution in [2.75, 3.05) is 0 Å². The molecular formula is C16H24. The summed E-state index contributed by atoms with van der Waals surface area (Å²) in [6.45, 7) is 11.7. The second-order valence-electron chi connectivity index (χ2n) is 2.96. The van der Waals surface area contributed by atoms with Gasteiger partial charge in [0.15, 0.2) is 0 Å². The Hall–Kier alpha value is -1.48. The lowest BCUT2D eigenvalue weighted by Gasteiger charge is -2.12. The molecule has 0 aromatic carbocycles. The molecule has 0 saturated carbocycles. The predicted molar refractivity (Wildman–Crippen MR) is 76.2 cm³/mol. The molecule has 0 nitrogen and oxygen atoms in total. The van der Waals surface area contributed by atoms with Gasteiger partial charge < -0.3 is 0 Å². The molecule has 0 heteroatoms. The molecular weight excluding hydrogens is 192 g/mol. The van der Waals surface area contributed by atoms with Crippen molar-refractivity contribution in [3.63, 3.8) is 0 Å². The van der Waals surface area contributed by atoms with Gasteiger partial charge in [0.2, 0.25) is 0 Å². The number of hydrogen-bond donors (Lipinski definition) is 0. The molecule has 16 heavy (non-hydrogen) atoms. The largest absolute Gasteiger partial charge is 0.106 e. The number of rotatable bonds is 1. The van der Waals surface area contributed by atoms with Crippen LogP contribution in [0.1, 0.15) is 35.1 Å². The van der Waals surface area contributed by atoms with Crippen molar-refractivity contribution in [1.82, 2.24) is 0 Å². The Morgan fingerprint density at radius 3 is 2.50 bits per heavy atom. The zero-order valence-corrected chi connectivity index (χ0v) is 10.2. The first-order chi connectivity index (χ1) is 7.29. The van der Waals surface area contributed by atoms with Crippen LogP contribution in [0.15, 0.2) is 48.1 Å². The van der Waals surface area contributed by atoms with E-state index in [1.54, 1.807) is 0 Å². The van der Waals surface area contributed by atoms with Gasteiger partial charge in [-0.15, -0.1) is 5.92 Å². The molecule has 0 radical (unpaired) electrons. The highest BCUT2D eigenvalue weighted by Gasteiger charge is 2.09. The fraction of sp³-hybridized carbons (Fsp3) is 0.375. The minimum atomic E-state index is 0. The second kappa shape index (κ2) is 10.1. The molecule has 1 atom stereocenters. The van der Waals surface area contributed by atoms with Gasteiger partial charge in [0.05, 0.1) is 5.92 Å². The highest BCUT2D eigenvalue weighted by Crippen LogP contribution is 2.21. The number of allylic oxidation sites excluding steroid dienone is 7. The SMILES string of the molecule is C.C=C/C(C)=C1/C=CC=CC1C#CC.CC. The van der Waals surface area contributed by atoms with Crippen LogP contribution < -0.4 is 0 Å². The maximum Gasteiger partial charge on any atom is 0.0638 e. The van der Waals surface area contributed by atoms with Gasteiger partial charge >= 0.3 is 0 Å². The van der Waals surface area contributed by atoms with Crippen LogP contribution in [-0.2, 0) is 0 Å². The third-order valence-corrected chi connectivity index (χ3v) is 2.09. The van der Waals surface area contributed by atoms with E-state index in [0.29, 0.717) is 0 Å². The molecule has 0 aliphatic heterocycles. The van der Waals surface area contributed by atoms with Gasteiger partial charge in [0.1, 0.15) is 0 Å². The lowest BCUT2D eigenvalue weighted by molar-refractivity contribution is 1.01. The van der Waals surface area contributed by atoms with E-state index >= 15 is 0 Å². The molecule has 0 aromatic rings. The van der Waals surface area contributed by atoms with E-state index in [1.807, 2.05) is 39.0 Å². The molecule has 0 aromatic heterocycles. The fourth-order valence-corrected chi connectivity index (χ4v) is 1.32. The summed E-state index contributed by atoms with van der Waals surface area (Å²) in [5, 5.41) is 0. The minimum Gasteiger partial charge on any atom is -0.106 e. The summed E-state index contributed by atoms with van der Waals surface area (Å²) in [4.78, 5) is 0. The van der Waals surface area contributed by atoms with Crippen LogP contribution in [0, 0.1) is 17.8 Å². The van der Waals surface area contributed by atoms with Crippen molar-refractivity contribution >= 4 is 0 Å². The third-order valence-electron chi connectivity index (χ3n) is 2.09. The molecule has 1 unspecified atom stereocenters. The Balaban J connectivity index is 0. The summed E-state index contributed by atoms with van der Waals surface area (Å²) < 4.78 is 0. The fourth-order valence-electron chi connectivity index (χ4n) is 1.32. The molecule has 0 heterocycles. The quantitative estimate of drug-likeness (QED) is 0.546. The second-order valence-corrected chi connectivity index (χ2v) is 2.96. The van der Waals surface area contributed by atoms with Crippen LogP contribution in [0.3, 0.4) is 0 Å². The Bertz CT molecular complexity index is 340. The Kier molecular flexibility index (Phi) is 10.6. The molecule has 0 fully saturated rings. The van der Waals surface area contributed by atoms with E-state index in [-0.39, 0.29) is 13.3 Å². The van der Waals surface area contributed by atoms with Crippen LogP contribution >= 0.6 is 0 Å². The topological polar surface area (TPSA) is 0 Å². The third kappa shape index (κ3) is 4.84. The lowest BCUT2D eigenvalue weighted by atomic mass is 9.91. The van der Waals surface area contributed by atoms with Gasteiger partial charge in [-0.3, -0.25) is 0 Å². The average molecular weight is 216 g/mol. The summed E-state index contributed by atoms with van der Waals surface area (Å²) >= 11 is 0. The van der Waals surface area contributed by atoms with E-state index in [0.717, 1.165) is 0 Å². The van der Waals surface area contributed by atoms with Crippen molar-refractivity contribution in [3.05, 3.63) is 48.1 Å². The van der Waals surface area contributed by atoms with Crippen LogP contribution in [-0.4, -0.2) is 0 Å². The first-order valence-electron chi connectivity index (χ1n) is 5.40.